The largest absolute Gasteiger partial charge is 0.410 e. The van der Waals surface area contributed by atoms with Gasteiger partial charge in [0.05, 0.1) is 16.1 Å². The van der Waals surface area contributed by atoms with E-state index in [4.69, 9.17) is 34.8 Å². The average molecular weight is 504 g/mol. The van der Waals surface area contributed by atoms with Crippen molar-refractivity contribution in [2.75, 3.05) is 10.6 Å². The minimum atomic E-state index is -4.59. The Hall–Kier alpha value is -2.42. The lowest BCUT2D eigenvalue weighted by atomic mass is 9.96. The maximum Gasteiger partial charge on any atom is 0.410 e. The van der Waals surface area contributed by atoms with Crippen molar-refractivity contribution >= 4 is 52.2 Å². The molecule has 0 radical (unpaired) electrons. The highest BCUT2D eigenvalue weighted by Crippen LogP contribution is 2.46. The first-order valence-corrected chi connectivity index (χ1v) is 10.6. The van der Waals surface area contributed by atoms with Gasteiger partial charge in [0.1, 0.15) is 10.8 Å². The summed E-state index contributed by atoms with van der Waals surface area (Å²) in [6, 6.07) is 8.95. The molecule has 0 fully saturated rings. The molecule has 1 aromatic heterocycles. The zero-order valence-corrected chi connectivity index (χ0v) is 18.7. The number of aryl methyl sites for hydroxylation is 1. The quantitative estimate of drug-likeness (QED) is 0.402. The number of aromatic nitrogens is 2. The molecule has 0 bridgehead atoms. The summed E-state index contributed by atoms with van der Waals surface area (Å²) in [7, 11) is 0. The summed E-state index contributed by atoms with van der Waals surface area (Å²) >= 11 is 18.1. The number of rotatable bonds is 3. The fraction of sp³-hybridized carbons (Fsp3) is 0.238. The number of benzene rings is 2. The molecule has 1 aliphatic heterocycles. The van der Waals surface area contributed by atoms with E-state index in [1.165, 1.54) is 18.2 Å². The second kappa shape index (κ2) is 8.50. The average Bonchev–Trinajstić information content (AvgIpc) is 3.06. The fourth-order valence-corrected chi connectivity index (χ4v) is 4.08. The summed E-state index contributed by atoms with van der Waals surface area (Å²) in [6.07, 6.45) is -4.89. The SMILES string of the molecule is Cc1ccc([C@H]2C[C@@H](C(F)(F)F)n3nc(C(=O)Nc4ccc(Cl)c(Cl)c4)c(Cl)c3N2)cc1. The van der Waals surface area contributed by atoms with E-state index in [9.17, 15) is 18.0 Å². The predicted molar refractivity (Wildman–Crippen MR) is 119 cm³/mol. The van der Waals surface area contributed by atoms with E-state index >= 15 is 0 Å². The fourth-order valence-electron chi connectivity index (χ4n) is 3.52. The third-order valence-corrected chi connectivity index (χ3v) is 6.26. The Kier molecular flexibility index (Phi) is 6.04. The number of fused-ring (bicyclic) bond motifs is 1. The third-order valence-electron chi connectivity index (χ3n) is 5.17. The molecule has 0 aliphatic carbocycles. The van der Waals surface area contributed by atoms with Crippen molar-refractivity contribution in [3.8, 4) is 0 Å². The lowest BCUT2D eigenvalue weighted by molar-refractivity contribution is -0.173. The van der Waals surface area contributed by atoms with E-state index < -0.39 is 24.2 Å². The monoisotopic (exact) mass is 502 g/mol. The van der Waals surface area contributed by atoms with Crippen LogP contribution in [-0.2, 0) is 0 Å². The number of anilines is 2. The molecular formula is C21H16Cl3F3N4O. The van der Waals surface area contributed by atoms with Gasteiger partial charge in [0.15, 0.2) is 11.7 Å². The van der Waals surface area contributed by atoms with Crippen LogP contribution in [0.25, 0.3) is 0 Å². The van der Waals surface area contributed by atoms with Crippen LogP contribution in [0.5, 0.6) is 0 Å². The first kappa shape index (κ1) is 22.8. The van der Waals surface area contributed by atoms with E-state index in [0.29, 0.717) is 16.3 Å². The number of nitrogens with one attached hydrogen (secondary N) is 2. The second-order valence-corrected chi connectivity index (χ2v) is 8.63. The molecule has 3 aromatic rings. The molecule has 2 N–H and O–H groups in total. The van der Waals surface area contributed by atoms with Crippen LogP contribution in [0.2, 0.25) is 15.1 Å². The number of carbonyl (C=O) groups excluding carboxylic acids is 1. The molecule has 2 heterocycles. The molecule has 168 valence electrons. The summed E-state index contributed by atoms with van der Waals surface area (Å²) in [6.45, 7) is 1.89. The molecule has 2 atom stereocenters. The van der Waals surface area contributed by atoms with Crippen molar-refractivity contribution in [2.24, 2.45) is 0 Å². The van der Waals surface area contributed by atoms with Crippen molar-refractivity contribution in [1.29, 1.82) is 0 Å². The van der Waals surface area contributed by atoms with Gasteiger partial charge in [-0.05, 0) is 30.7 Å². The molecule has 0 saturated heterocycles. The number of carbonyl (C=O) groups is 1. The standard InChI is InChI=1S/C21H16Cl3F3N4O/c1-10-2-4-11(5-3-10)15-9-16(21(25,26)27)31-19(29-15)17(24)18(30-31)20(32)28-12-6-7-13(22)14(23)8-12/h2-8,15-16,29H,9H2,1H3,(H,28,32)/t15-,16+/m1/s1. The molecule has 0 spiro atoms. The first-order valence-electron chi connectivity index (χ1n) is 9.49. The Morgan fingerprint density at radius 1 is 1.12 bits per heavy atom. The van der Waals surface area contributed by atoms with E-state index in [1.54, 1.807) is 12.1 Å². The molecule has 11 heteroatoms. The molecule has 4 rings (SSSR count). The number of nitrogens with zero attached hydrogens (tertiary/aromatic N) is 2. The van der Waals surface area contributed by atoms with Gasteiger partial charge in [0.2, 0.25) is 0 Å². The number of halogens is 6. The van der Waals surface area contributed by atoms with Crippen molar-refractivity contribution in [3.05, 3.63) is 74.4 Å². The van der Waals surface area contributed by atoms with Crippen LogP contribution in [0.15, 0.2) is 42.5 Å². The highest BCUT2D eigenvalue weighted by atomic mass is 35.5. The Bertz CT molecular complexity index is 1180. The van der Waals surface area contributed by atoms with Crippen molar-refractivity contribution in [1.82, 2.24) is 9.78 Å². The maximum atomic E-state index is 13.9. The van der Waals surface area contributed by atoms with Crippen LogP contribution >= 0.6 is 34.8 Å². The minimum Gasteiger partial charge on any atom is -0.362 e. The summed E-state index contributed by atoms with van der Waals surface area (Å²) in [5, 5.41) is 9.74. The smallest absolute Gasteiger partial charge is 0.362 e. The zero-order valence-electron chi connectivity index (χ0n) is 16.5. The Balaban J connectivity index is 1.69. The van der Waals surface area contributed by atoms with Gasteiger partial charge in [-0.1, -0.05) is 64.6 Å². The van der Waals surface area contributed by atoms with Crippen LogP contribution in [-0.4, -0.2) is 21.9 Å². The Morgan fingerprint density at radius 3 is 2.44 bits per heavy atom. The molecule has 0 saturated carbocycles. The van der Waals surface area contributed by atoms with Crippen molar-refractivity contribution < 1.29 is 18.0 Å². The zero-order chi connectivity index (χ0) is 23.2. The number of amides is 1. The summed E-state index contributed by atoms with van der Waals surface area (Å²) < 4.78 is 42.4. The van der Waals surface area contributed by atoms with Crippen molar-refractivity contribution in [2.45, 2.75) is 31.6 Å². The van der Waals surface area contributed by atoms with E-state index in [2.05, 4.69) is 15.7 Å². The van der Waals surface area contributed by atoms with Gasteiger partial charge in [0, 0.05) is 12.1 Å². The normalized spacial score (nSPS) is 18.1. The molecule has 5 nitrogen and oxygen atoms in total. The number of alkyl halides is 3. The van der Waals surface area contributed by atoms with Gasteiger partial charge in [-0.15, -0.1) is 0 Å². The molecule has 32 heavy (non-hydrogen) atoms. The number of hydrogen-bond donors (Lipinski definition) is 2. The molecule has 1 aliphatic rings. The third kappa shape index (κ3) is 4.40. The van der Waals surface area contributed by atoms with Gasteiger partial charge in [-0.25, -0.2) is 4.68 Å². The summed E-state index contributed by atoms with van der Waals surface area (Å²) in [5.74, 6) is -0.838. The Labute approximate surface area is 196 Å². The van der Waals surface area contributed by atoms with Crippen LogP contribution in [0.1, 0.15) is 40.1 Å². The lowest BCUT2D eigenvalue weighted by Gasteiger charge is -2.33. The highest BCUT2D eigenvalue weighted by molar-refractivity contribution is 6.42. The number of hydrogen-bond acceptors (Lipinski definition) is 3. The van der Waals surface area contributed by atoms with Gasteiger partial charge < -0.3 is 10.6 Å². The van der Waals surface area contributed by atoms with E-state index in [0.717, 1.165) is 10.2 Å². The van der Waals surface area contributed by atoms with Crippen LogP contribution in [0.3, 0.4) is 0 Å². The summed E-state index contributed by atoms with van der Waals surface area (Å²) in [5.41, 5.74) is 1.62. The first-order chi connectivity index (χ1) is 15.0. The van der Waals surface area contributed by atoms with E-state index in [-0.39, 0.29) is 28.0 Å². The van der Waals surface area contributed by atoms with Crippen LogP contribution in [0, 0.1) is 6.92 Å². The van der Waals surface area contributed by atoms with Crippen molar-refractivity contribution in [3.63, 3.8) is 0 Å². The highest BCUT2D eigenvalue weighted by Gasteiger charge is 2.47. The second-order valence-electron chi connectivity index (χ2n) is 7.44. The molecule has 2 aromatic carbocycles. The molecule has 0 unspecified atom stereocenters. The minimum absolute atomic E-state index is 0.0647. The Morgan fingerprint density at radius 2 is 1.81 bits per heavy atom. The maximum absolute atomic E-state index is 13.9. The lowest BCUT2D eigenvalue weighted by Crippen LogP contribution is -2.35. The summed E-state index contributed by atoms with van der Waals surface area (Å²) in [4.78, 5) is 12.7. The van der Waals surface area contributed by atoms with Crippen LogP contribution < -0.4 is 10.6 Å². The van der Waals surface area contributed by atoms with Gasteiger partial charge in [-0.2, -0.15) is 18.3 Å². The predicted octanol–water partition coefficient (Wildman–Crippen LogP) is 7.06. The molecule has 1 amide bonds. The molecular weight excluding hydrogens is 488 g/mol. The van der Waals surface area contributed by atoms with Crippen LogP contribution in [0.4, 0.5) is 24.7 Å². The van der Waals surface area contributed by atoms with Gasteiger partial charge in [-0.3, -0.25) is 4.79 Å². The van der Waals surface area contributed by atoms with Gasteiger partial charge in [0.25, 0.3) is 5.91 Å². The van der Waals surface area contributed by atoms with Gasteiger partial charge >= 0.3 is 6.18 Å². The van der Waals surface area contributed by atoms with E-state index in [1.807, 2.05) is 19.1 Å². The topological polar surface area (TPSA) is 59.0 Å².